The summed E-state index contributed by atoms with van der Waals surface area (Å²) in [5, 5.41) is 0. The van der Waals surface area contributed by atoms with Crippen LogP contribution < -0.4 is 4.90 Å². The summed E-state index contributed by atoms with van der Waals surface area (Å²) in [6.45, 7) is 7.29. The van der Waals surface area contributed by atoms with Gasteiger partial charge in [0.1, 0.15) is 5.82 Å². The van der Waals surface area contributed by atoms with Crippen LogP contribution in [-0.4, -0.2) is 47.2 Å². The van der Waals surface area contributed by atoms with Crippen LogP contribution in [0.3, 0.4) is 0 Å². The minimum Gasteiger partial charge on any atom is -0.369 e. The number of aromatic nitrogens is 2. The average molecular weight is 453 g/mol. The second-order valence-electron chi connectivity index (χ2n) is 7.88. The minimum absolute atomic E-state index is 0. The molecule has 31 heavy (non-hydrogen) atoms. The Labute approximate surface area is 187 Å². The second kappa shape index (κ2) is 9.92. The van der Waals surface area contributed by atoms with Crippen molar-refractivity contribution in [1.82, 2.24) is 14.5 Å². The van der Waals surface area contributed by atoms with Crippen LogP contribution >= 0.6 is 12.4 Å². The van der Waals surface area contributed by atoms with E-state index in [2.05, 4.69) is 20.5 Å². The molecule has 2 heterocycles. The molecule has 0 spiro atoms. The van der Waals surface area contributed by atoms with Gasteiger partial charge in [-0.3, -0.25) is 4.90 Å². The summed E-state index contributed by atoms with van der Waals surface area (Å²) in [6.07, 6.45) is -2.12. The molecular formula is C23H28ClF3N4. The van der Waals surface area contributed by atoms with Crippen molar-refractivity contribution in [2.75, 3.05) is 37.6 Å². The normalized spacial score (nSPS) is 15.3. The lowest BCUT2D eigenvalue weighted by Crippen LogP contribution is -2.46. The third kappa shape index (κ3) is 5.52. The number of piperazine rings is 1. The van der Waals surface area contributed by atoms with Crippen molar-refractivity contribution in [3.8, 4) is 0 Å². The molecule has 2 aromatic carbocycles. The molecule has 1 aromatic heterocycles. The predicted molar refractivity (Wildman–Crippen MR) is 121 cm³/mol. The Hall–Kier alpha value is -2.25. The Morgan fingerprint density at radius 3 is 2.35 bits per heavy atom. The highest BCUT2D eigenvalue weighted by Crippen LogP contribution is 2.31. The maximum Gasteiger partial charge on any atom is 0.416 e. The largest absolute Gasteiger partial charge is 0.416 e. The predicted octanol–water partition coefficient (Wildman–Crippen LogP) is 5.39. The first-order chi connectivity index (χ1) is 14.4. The topological polar surface area (TPSA) is 24.3 Å². The first-order valence-electron chi connectivity index (χ1n) is 10.5. The molecule has 1 fully saturated rings. The Morgan fingerprint density at radius 2 is 1.61 bits per heavy atom. The summed E-state index contributed by atoms with van der Waals surface area (Å²) in [5.74, 6) is 1.05. The number of hydrogen-bond donors (Lipinski definition) is 0. The van der Waals surface area contributed by atoms with E-state index in [0.29, 0.717) is 5.69 Å². The number of imidazole rings is 1. The standard InChI is InChI=1S/C23H27F3N4.ClH/c1-18-27-21-9-2-3-10-22(21)30(18)12-5-4-11-28-13-15-29(16-14-28)20-8-6-7-19(17-20)23(24,25)26;/h2-3,6-10,17H,4-5,11-16H2,1H3;1H. The molecule has 8 heteroatoms. The number of aryl methyl sites for hydroxylation is 2. The van der Waals surface area contributed by atoms with Gasteiger partial charge in [0.2, 0.25) is 0 Å². The van der Waals surface area contributed by atoms with Crippen molar-refractivity contribution in [1.29, 1.82) is 0 Å². The van der Waals surface area contributed by atoms with Crippen LogP contribution in [0.2, 0.25) is 0 Å². The van der Waals surface area contributed by atoms with E-state index in [9.17, 15) is 13.2 Å². The smallest absolute Gasteiger partial charge is 0.369 e. The van der Waals surface area contributed by atoms with Gasteiger partial charge in [-0.1, -0.05) is 18.2 Å². The van der Waals surface area contributed by atoms with Gasteiger partial charge in [0.05, 0.1) is 16.6 Å². The number of alkyl halides is 3. The Balaban J connectivity index is 0.00000272. The van der Waals surface area contributed by atoms with Crippen LogP contribution in [0.25, 0.3) is 11.0 Å². The van der Waals surface area contributed by atoms with Gasteiger partial charge in [-0.2, -0.15) is 13.2 Å². The summed E-state index contributed by atoms with van der Waals surface area (Å²) in [4.78, 5) is 9.07. The zero-order chi connectivity index (χ0) is 21.1. The fourth-order valence-electron chi connectivity index (χ4n) is 4.19. The SMILES string of the molecule is Cc1nc2ccccc2n1CCCCN1CCN(c2cccc(C(F)(F)F)c2)CC1.Cl. The zero-order valence-electron chi connectivity index (χ0n) is 17.6. The first-order valence-corrected chi connectivity index (χ1v) is 10.5. The van der Waals surface area contributed by atoms with Crippen molar-refractivity contribution < 1.29 is 13.2 Å². The van der Waals surface area contributed by atoms with E-state index in [0.717, 1.165) is 69.5 Å². The molecule has 0 N–H and O–H groups in total. The van der Waals surface area contributed by atoms with Gasteiger partial charge in [-0.25, -0.2) is 4.98 Å². The van der Waals surface area contributed by atoms with Crippen LogP contribution in [0.5, 0.6) is 0 Å². The molecule has 0 saturated carbocycles. The quantitative estimate of drug-likeness (QED) is 0.469. The molecule has 3 aromatic rings. The van der Waals surface area contributed by atoms with E-state index in [1.165, 1.54) is 17.6 Å². The molecule has 0 amide bonds. The summed E-state index contributed by atoms with van der Waals surface area (Å²) in [7, 11) is 0. The lowest BCUT2D eigenvalue weighted by Gasteiger charge is -2.36. The lowest BCUT2D eigenvalue weighted by molar-refractivity contribution is -0.137. The molecule has 0 aliphatic carbocycles. The summed E-state index contributed by atoms with van der Waals surface area (Å²) in [5.41, 5.74) is 2.31. The van der Waals surface area contributed by atoms with Crippen LogP contribution in [0.4, 0.5) is 18.9 Å². The van der Waals surface area contributed by atoms with Gasteiger partial charge in [0.15, 0.2) is 0 Å². The molecule has 0 radical (unpaired) electrons. The molecule has 0 atom stereocenters. The van der Waals surface area contributed by atoms with Gasteiger partial charge in [0, 0.05) is 38.4 Å². The minimum atomic E-state index is -4.29. The molecule has 4 nitrogen and oxygen atoms in total. The molecular weight excluding hydrogens is 425 g/mol. The Kier molecular flexibility index (Phi) is 7.49. The summed E-state index contributed by atoms with van der Waals surface area (Å²) >= 11 is 0. The molecule has 4 rings (SSSR count). The number of para-hydroxylation sites is 2. The van der Waals surface area contributed by atoms with Gasteiger partial charge < -0.3 is 9.47 Å². The zero-order valence-corrected chi connectivity index (χ0v) is 18.4. The van der Waals surface area contributed by atoms with Gasteiger partial charge in [-0.15, -0.1) is 12.4 Å². The monoisotopic (exact) mass is 452 g/mol. The third-order valence-electron chi connectivity index (χ3n) is 5.86. The molecule has 1 aliphatic rings. The molecule has 0 bridgehead atoms. The van der Waals surface area contributed by atoms with Crippen LogP contribution in [0.15, 0.2) is 48.5 Å². The van der Waals surface area contributed by atoms with Crippen molar-refractivity contribution in [3.05, 3.63) is 59.9 Å². The van der Waals surface area contributed by atoms with Crippen LogP contribution in [0.1, 0.15) is 24.2 Å². The number of fused-ring (bicyclic) bond motifs is 1. The van der Waals surface area contributed by atoms with E-state index < -0.39 is 11.7 Å². The highest BCUT2D eigenvalue weighted by molar-refractivity contribution is 5.85. The Bertz CT molecular complexity index is 994. The molecule has 168 valence electrons. The third-order valence-corrected chi connectivity index (χ3v) is 5.86. The first kappa shape index (κ1) is 23.4. The van der Waals surface area contributed by atoms with Crippen LogP contribution in [-0.2, 0) is 12.7 Å². The van der Waals surface area contributed by atoms with E-state index in [1.54, 1.807) is 6.07 Å². The van der Waals surface area contributed by atoms with Crippen molar-refractivity contribution >= 4 is 29.1 Å². The highest BCUT2D eigenvalue weighted by atomic mass is 35.5. The van der Waals surface area contributed by atoms with E-state index in [1.807, 2.05) is 30.0 Å². The summed E-state index contributed by atoms with van der Waals surface area (Å²) < 4.78 is 41.1. The average Bonchev–Trinajstić information content (AvgIpc) is 3.06. The van der Waals surface area contributed by atoms with Crippen molar-refractivity contribution in [2.24, 2.45) is 0 Å². The maximum absolute atomic E-state index is 13.0. The van der Waals surface area contributed by atoms with Crippen molar-refractivity contribution in [3.63, 3.8) is 0 Å². The number of rotatable bonds is 6. The van der Waals surface area contributed by atoms with Crippen LogP contribution in [0, 0.1) is 6.92 Å². The van der Waals surface area contributed by atoms with Gasteiger partial charge in [-0.05, 0) is 56.6 Å². The number of anilines is 1. The van der Waals surface area contributed by atoms with E-state index in [-0.39, 0.29) is 12.4 Å². The van der Waals surface area contributed by atoms with Crippen molar-refractivity contribution in [2.45, 2.75) is 32.5 Å². The van der Waals surface area contributed by atoms with Gasteiger partial charge >= 0.3 is 6.18 Å². The number of halogens is 4. The lowest BCUT2D eigenvalue weighted by atomic mass is 10.1. The van der Waals surface area contributed by atoms with Gasteiger partial charge in [0.25, 0.3) is 0 Å². The number of hydrogen-bond acceptors (Lipinski definition) is 3. The van der Waals surface area contributed by atoms with E-state index in [4.69, 9.17) is 0 Å². The number of benzene rings is 2. The number of nitrogens with zero attached hydrogens (tertiary/aromatic N) is 4. The Morgan fingerprint density at radius 1 is 0.903 bits per heavy atom. The fraction of sp³-hybridized carbons (Fsp3) is 0.435. The fourth-order valence-corrected chi connectivity index (χ4v) is 4.19. The summed E-state index contributed by atoms with van der Waals surface area (Å²) in [6, 6.07) is 13.9. The molecule has 1 saturated heterocycles. The van der Waals surface area contributed by atoms with E-state index >= 15 is 0 Å². The molecule has 0 unspecified atom stereocenters. The highest BCUT2D eigenvalue weighted by Gasteiger charge is 2.31. The second-order valence-corrected chi connectivity index (χ2v) is 7.88. The maximum atomic E-state index is 13.0. The number of unbranched alkanes of at least 4 members (excludes halogenated alkanes) is 1. The molecule has 1 aliphatic heterocycles.